The minimum atomic E-state index is -0.953. The first kappa shape index (κ1) is 19.7. The summed E-state index contributed by atoms with van der Waals surface area (Å²) in [4.78, 5) is 22.0. The van der Waals surface area contributed by atoms with Crippen molar-refractivity contribution in [2.24, 2.45) is 0 Å². The Kier molecular flexibility index (Phi) is 5.52. The molecule has 0 unspecified atom stereocenters. The Labute approximate surface area is 175 Å². The van der Waals surface area contributed by atoms with E-state index >= 15 is 0 Å². The fourth-order valence-electron chi connectivity index (χ4n) is 3.90. The maximum Gasteiger partial charge on any atom is 0.337 e. The molecule has 0 spiro atoms. The minimum Gasteiger partial charge on any atom is -0.481 e. The van der Waals surface area contributed by atoms with Crippen LogP contribution in [0.1, 0.15) is 33.8 Å². The predicted octanol–water partition coefficient (Wildman–Crippen LogP) is 4.09. The summed E-state index contributed by atoms with van der Waals surface area (Å²) >= 11 is 0. The molecule has 0 aliphatic heterocycles. The monoisotopic (exact) mass is 404 g/mol. The van der Waals surface area contributed by atoms with Gasteiger partial charge in [-0.3, -0.25) is 4.98 Å². The number of aromatic nitrogens is 2. The van der Waals surface area contributed by atoms with Crippen molar-refractivity contribution in [3.63, 3.8) is 0 Å². The topological polar surface area (TPSA) is 87.6 Å². The lowest BCUT2D eigenvalue weighted by molar-refractivity contribution is 0.0698. The molecule has 0 radical (unpaired) electrons. The van der Waals surface area contributed by atoms with Gasteiger partial charge in [-0.15, -0.1) is 0 Å². The highest BCUT2D eigenvalue weighted by molar-refractivity contribution is 5.93. The molecule has 2 heterocycles. The summed E-state index contributed by atoms with van der Waals surface area (Å²) in [5, 5.41) is 12.6. The number of anilines is 3. The van der Waals surface area contributed by atoms with Crippen molar-refractivity contribution >= 4 is 23.2 Å². The van der Waals surface area contributed by atoms with Crippen LogP contribution in [0.5, 0.6) is 5.88 Å². The summed E-state index contributed by atoms with van der Waals surface area (Å²) in [6, 6.07) is 13.7. The van der Waals surface area contributed by atoms with E-state index in [9.17, 15) is 9.90 Å². The number of nitrogens with zero attached hydrogens (tertiary/aromatic N) is 3. The Morgan fingerprint density at radius 3 is 2.97 bits per heavy atom. The molecule has 154 valence electrons. The molecule has 1 aromatic carbocycles. The van der Waals surface area contributed by atoms with Crippen LogP contribution >= 0.6 is 0 Å². The molecule has 2 N–H and O–H groups in total. The van der Waals surface area contributed by atoms with Crippen LogP contribution in [0.2, 0.25) is 0 Å². The second-order valence-electron chi connectivity index (χ2n) is 7.32. The van der Waals surface area contributed by atoms with Crippen molar-refractivity contribution in [2.75, 3.05) is 30.9 Å². The quantitative estimate of drug-likeness (QED) is 0.613. The van der Waals surface area contributed by atoms with Crippen LogP contribution in [-0.4, -0.2) is 41.7 Å². The number of rotatable bonds is 7. The number of fused-ring (bicyclic) bond motifs is 1. The van der Waals surface area contributed by atoms with Crippen LogP contribution in [0.15, 0.2) is 54.9 Å². The van der Waals surface area contributed by atoms with Gasteiger partial charge in [0.15, 0.2) is 0 Å². The number of pyridine rings is 2. The van der Waals surface area contributed by atoms with E-state index in [1.54, 1.807) is 13.3 Å². The van der Waals surface area contributed by atoms with E-state index < -0.39 is 5.97 Å². The fraction of sp³-hybridized carbons (Fsp3) is 0.261. The van der Waals surface area contributed by atoms with Crippen LogP contribution in [0.3, 0.4) is 0 Å². The van der Waals surface area contributed by atoms with Crippen LogP contribution in [-0.2, 0) is 6.42 Å². The Morgan fingerprint density at radius 1 is 1.30 bits per heavy atom. The summed E-state index contributed by atoms with van der Waals surface area (Å²) in [6.45, 7) is 0.672. The average molecular weight is 404 g/mol. The average Bonchev–Trinajstić information content (AvgIpc) is 3.19. The molecule has 30 heavy (non-hydrogen) atoms. The third-order valence-electron chi connectivity index (χ3n) is 5.57. The molecule has 0 amide bonds. The zero-order valence-corrected chi connectivity index (χ0v) is 17.0. The van der Waals surface area contributed by atoms with Crippen LogP contribution < -0.4 is 15.0 Å². The second-order valence-corrected chi connectivity index (χ2v) is 7.32. The number of nitrogens with one attached hydrogen (secondary N) is 1. The second kappa shape index (κ2) is 8.41. The van der Waals surface area contributed by atoms with Crippen molar-refractivity contribution in [3.05, 3.63) is 71.5 Å². The first-order valence-corrected chi connectivity index (χ1v) is 9.85. The van der Waals surface area contributed by atoms with E-state index in [0.29, 0.717) is 24.0 Å². The van der Waals surface area contributed by atoms with Gasteiger partial charge in [0.05, 0.1) is 24.6 Å². The van der Waals surface area contributed by atoms with E-state index in [1.807, 2.05) is 30.1 Å². The zero-order chi connectivity index (χ0) is 21.1. The first-order chi connectivity index (χ1) is 14.6. The van der Waals surface area contributed by atoms with Gasteiger partial charge in [-0.25, -0.2) is 4.79 Å². The maximum atomic E-state index is 11.4. The summed E-state index contributed by atoms with van der Waals surface area (Å²) in [7, 11) is 3.61. The number of hydrogen-bond donors (Lipinski definition) is 2. The molecule has 0 saturated heterocycles. The van der Waals surface area contributed by atoms with Gasteiger partial charge in [-0.1, -0.05) is 12.1 Å². The summed E-state index contributed by atoms with van der Waals surface area (Å²) in [5.41, 5.74) is 4.49. The Hall–Kier alpha value is -3.61. The zero-order valence-electron chi connectivity index (χ0n) is 17.0. The van der Waals surface area contributed by atoms with Gasteiger partial charge in [0.1, 0.15) is 5.82 Å². The molecule has 0 bridgehead atoms. The van der Waals surface area contributed by atoms with E-state index in [0.717, 1.165) is 24.3 Å². The van der Waals surface area contributed by atoms with Crippen LogP contribution in [0, 0.1) is 0 Å². The molecule has 1 atom stereocenters. The molecule has 3 aromatic rings. The highest BCUT2D eigenvalue weighted by atomic mass is 16.5. The van der Waals surface area contributed by atoms with Crippen molar-refractivity contribution in [1.29, 1.82) is 0 Å². The smallest absolute Gasteiger partial charge is 0.337 e. The van der Waals surface area contributed by atoms with Crippen LogP contribution in [0.4, 0.5) is 17.2 Å². The molecular weight excluding hydrogens is 380 g/mol. The molecule has 4 rings (SSSR count). The largest absolute Gasteiger partial charge is 0.481 e. The Bertz CT molecular complexity index is 1070. The van der Waals surface area contributed by atoms with Crippen molar-refractivity contribution in [1.82, 2.24) is 9.97 Å². The minimum absolute atomic E-state index is 0.242. The SMILES string of the molecule is COc1cccc(N(C)c2ccc3c(c2)CC[C@H]3CNc2cnccc2C(=O)O)n1. The number of aryl methyl sites for hydroxylation is 1. The summed E-state index contributed by atoms with van der Waals surface area (Å²) in [6.07, 6.45) is 5.08. The van der Waals surface area contributed by atoms with Crippen LogP contribution in [0.25, 0.3) is 0 Å². The molecule has 2 aromatic heterocycles. The van der Waals surface area contributed by atoms with Crippen molar-refractivity contribution in [2.45, 2.75) is 18.8 Å². The lowest BCUT2D eigenvalue weighted by atomic mass is 10.0. The third-order valence-corrected chi connectivity index (χ3v) is 5.57. The number of carbonyl (C=O) groups is 1. The lowest BCUT2D eigenvalue weighted by Crippen LogP contribution is -2.14. The van der Waals surface area contributed by atoms with Gasteiger partial charge in [0.2, 0.25) is 5.88 Å². The number of ether oxygens (including phenoxy) is 1. The molecule has 1 aliphatic rings. The van der Waals surface area contributed by atoms with Gasteiger partial charge in [-0.2, -0.15) is 4.98 Å². The Morgan fingerprint density at radius 2 is 2.17 bits per heavy atom. The fourth-order valence-corrected chi connectivity index (χ4v) is 3.90. The van der Waals surface area contributed by atoms with Gasteiger partial charge < -0.3 is 20.1 Å². The molecule has 0 saturated carbocycles. The predicted molar refractivity (Wildman–Crippen MR) is 116 cm³/mol. The van der Waals surface area contributed by atoms with Crippen molar-refractivity contribution < 1.29 is 14.6 Å². The number of aromatic carboxylic acids is 1. The molecular formula is C23H24N4O3. The molecule has 0 fully saturated rings. The van der Waals surface area contributed by atoms with Gasteiger partial charge in [0.25, 0.3) is 0 Å². The highest BCUT2D eigenvalue weighted by Crippen LogP contribution is 2.36. The summed E-state index contributed by atoms with van der Waals surface area (Å²) < 4.78 is 5.23. The van der Waals surface area contributed by atoms with Gasteiger partial charge >= 0.3 is 5.97 Å². The number of benzene rings is 1. The first-order valence-electron chi connectivity index (χ1n) is 9.85. The van der Waals surface area contributed by atoms with E-state index in [4.69, 9.17) is 4.74 Å². The lowest BCUT2D eigenvalue weighted by Gasteiger charge is -2.20. The number of carboxylic acids is 1. The summed E-state index contributed by atoms with van der Waals surface area (Å²) in [5.74, 6) is 0.785. The maximum absolute atomic E-state index is 11.4. The van der Waals surface area contributed by atoms with E-state index in [1.165, 1.54) is 23.4 Å². The highest BCUT2D eigenvalue weighted by Gasteiger charge is 2.24. The number of hydrogen-bond acceptors (Lipinski definition) is 6. The molecule has 7 heteroatoms. The third kappa shape index (κ3) is 3.91. The van der Waals surface area contributed by atoms with E-state index in [2.05, 4.69) is 33.5 Å². The molecule has 7 nitrogen and oxygen atoms in total. The Balaban J connectivity index is 1.49. The van der Waals surface area contributed by atoms with E-state index in [-0.39, 0.29) is 5.56 Å². The van der Waals surface area contributed by atoms with Crippen molar-refractivity contribution in [3.8, 4) is 5.88 Å². The van der Waals surface area contributed by atoms with Gasteiger partial charge in [-0.05, 0) is 48.2 Å². The standard InChI is InChI=1S/C23H24N4O3/c1-27(21-4-3-5-22(26-21)30-2)17-8-9-18-15(12-17)6-7-16(18)13-25-20-14-24-11-10-19(20)23(28)29/h3-5,8-12,14,16,25H,6-7,13H2,1-2H3,(H,28,29)/t16-/m0/s1. The van der Waals surface area contributed by atoms with Gasteiger partial charge in [0, 0.05) is 37.5 Å². The molecule has 1 aliphatic carbocycles. The number of methoxy groups -OCH3 is 1. The number of carboxylic acid groups (broad SMARTS) is 1. The normalized spacial score (nSPS) is 14.8.